The predicted octanol–water partition coefficient (Wildman–Crippen LogP) is 2.88. The van der Waals surface area contributed by atoms with Crippen LogP contribution in [-0.2, 0) is 6.54 Å². The molecule has 0 unspecified atom stereocenters. The van der Waals surface area contributed by atoms with Crippen molar-refractivity contribution in [3.63, 3.8) is 0 Å². The molecule has 0 bridgehead atoms. The number of nitrogens with zero attached hydrogens (tertiary/aromatic N) is 1. The van der Waals surface area contributed by atoms with E-state index in [1.54, 1.807) is 13.3 Å². The van der Waals surface area contributed by atoms with E-state index in [0.29, 0.717) is 5.56 Å². The summed E-state index contributed by atoms with van der Waals surface area (Å²) in [5.74, 6) is -0.154. The second kappa shape index (κ2) is 4.96. The summed E-state index contributed by atoms with van der Waals surface area (Å²) in [7, 11) is 1.60. The molecule has 0 atom stereocenters. The summed E-state index contributed by atoms with van der Waals surface area (Å²) < 4.78 is 6.95. The molecule has 0 radical (unpaired) electrons. The second-order valence-electron chi connectivity index (χ2n) is 3.95. The molecule has 4 heteroatoms. The summed E-state index contributed by atoms with van der Waals surface area (Å²) in [5, 5.41) is 9.20. The molecular formula is C14H15NO3. The minimum Gasteiger partial charge on any atom is -0.497 e. The number of benzene rings is 1. The van der Waals surface area contributed by atoms with Crippen molar-refractivity contribution in [1.29, 1.82) is 0 Å². The fourth-order valence-electron chi connectivity index (χ4n) is 1.86. The molecule has 0 aliphatic rings. The van der Waals surface area contributed by atoms with E-state index in [1.165, 1.54) is 0 Å². The normalized spacial score (nSPS) is 10.3. The van der Waals surface area contributed by atoms with E-state index in [4.69, 9.17) is 4.74 Å². The Kier molecular flexibility index (Phi) is 3.37. The van der Waals surface area contributed by atoms with Crippen LogP contribution in [0.2, 0.25) is 0 Å². The van der Waals surface area contributed by atoms with E-state index in [0.717, 1.165) is 23.4 Å². The monoisotopic (exact) mass is 245 g/mol. The number of ether oxygens (including phenoxy) is 1. The van der Waals surface area contributed by atoms with Crippen molar-refractivity contribution in [2.75, 3.05) is 7.11 Å². The molecule has 0 fully saturated rings. The van der Waals surface area contributed by atoms with Gasteiger partial charge in [0.2, 0.25) is 0 Å². The van der Waals surface area contributed by atoms with Gasteiger partial charge in [-0.3, -0.25) is 0 Å². The smallest absolute Gasteiger partial charge is 0.337 e. The summed E-state index contributed by atoms with van der Waals surface area (Å²) in [6, 6.07) is 7.37. The Balaban J connectivity index is 2.47. The van der Waals surface area contributed by atoms with E-state index in [-0.39, 0.29) is 0 Å². The van der Waals surface area contributed by atoms with E-state index < -0.39 is 5.97 Å². The second-order valence-corrected chi connectivity index (χ2v) is 3.95. The standard InChI is InChI=1S/C14H15NO3/c1-3-15-8-12(13(9-15)14(16)17)10-4-6-11(18-2)7-5-10/h4-9H,3H2,1-2H3,(H,16,17). The third-order valence-electron chi connectivity index (χ3n) is 2.88. The zero-order chi connectivity index (χ0) is 13.1. The van der Waals surface area contributed by atoms with E-state index in [1.807, 2.05) is 42.0 Å². The first-order valence-corrected chi connectivity index (χ1v) is 5.73. The third kappa shape index (κ3) is 2.22. The first-order chi connectivity index (χ1) is 8.65. The highest BCUT2D eigenvalue weighted by Crippen LogP contribution is 2.26. The maximum Gasteiger partial charge on any atom is 0.337 e. The summed E-state index contributed by atoms with van der Waals surface area (Å²) in [6.07, 6.45) is 3.51. The number of aryl methyl sites for hydroxylation is 1. The molecule has 18 heavy (non-hydrogen) atoms. The molecule has 0 aliphatic heterocycles. The van der Waals surface area contributed by atoms with Gasteiger partial charge in [0, 0.05) is 24.5 Å². The Morgan fingerprint density at radius 2 is 1.94 bits per heavy atom. The molecule has 1 heterocycles. The molecule has 0 spiro atoms. The number of aromatic carboxylic acids is 1. The lowest BCUT2D eigenvalue weighted by Gasteiger charge is -2.03. The Bertz CT molecular complexity index is 555. The minimum absolute atomic E-state index is 0.321. The SMILES string of the molecule is CCn1cc(C(=O)O)c(-c2ccc(OC)cc2)c1. The topological polar surface area (TPSA) is 51.5 Å². The zero-order valence-corrected chi connectivity index (χ0v) is 10.4. The maximum absolute atomic E-state index is 11.2. The first-order valence-electron chi connectivity index (χ1n) is 5.73. The van der Waals surface area contributed by atoms with Gasteiger partial charge in [-0.25, -0.2) is 4.79 Å². The minimum atomic E-state index is -0.909. The number of hydrogen-bond donors (Lipinski definition) is 1. The fraction of sp³-hybridized carbons (Fsp3) is 0.214. The van der Waals surface area contributed by atoms with Crippen LogP contribution in [0.1, 0.15) is 17.3 Å². The van der Waals surface area contributed by atoms with E-state index in [2.05, 4.69) is 0 Å². The van der Waals surface area contributed by atoms with Crippen molar-refractivity contribution in [3.05, 3.63) is 42.2 Å². The Morgan fingerprint density at radius 1 is 1.28 bits per heavy atom. The van der Waals surface area contributed by atoms with Gasteiger partial charge in [0.05, 0.1) is 12.7 Å². The van der Waals surface area contributed by atoms with Crippen molar-refractivity contribution in [2.45, 2.75) is 13.5 Å². The summed E-state index contributed by atoms with van der Waals surface area (Å²) in [4.78, 5) is 11.2. The largest absolute Gasteiger partial charge is 0.497 e. The predicted molar refractivity (Wildman–Crippen MR) is 69.1 cm³/mol. The highest BCUT2D eigenvalue weighted by atomic mass is 16.5. The van der Waals surface area contributed by atoms with Crippen molar-refractivity contribution in [3.8, 4) is 16.9 Å². The highest BCUT2D eigenvalue weighted by molar-refractivity contribution is 5.96. The van der Waals surface area contributed by atoms with Gasteiger partial charge in [0.1, 0.15) is 5.75 Å². The lowest BCUT2D eigenvalue weighted by molar-refractivity contribution is 0.0697. The number of carbonyl (C=O) groups is 1. The van der Waals surface area contributed by atoms with Gasteiger partial charge in [0.15, 0.2) is 0 Å². The van der Waals surface area contributed by atoms with Crippen LogP contribution < -0.4 is 4.74 Å². The van der Waals surface area contributed by atoms with Crippen molar-refractivity contribution in [1.82, 2.24) is 4.57 Å². The van der Waals surface area contributed by atoms with Gasteiger partial charge in [-0.15, -0.1) is 0 Å². The number of methoxy groups -OCH3 is 1. The quantitative estimate of drug-likeness (QED) is 0.901. The van der Waals surface area contributed by atoms with Crippen LogP contribution >= 0.6 is 0 Å². The molecule has 2 rings (SSSR count). The summed E-state index contributed by atoms with van der Waals surface area (Å²) in [6.45, 7) is 2.72. The molecule has 2 aromatic rings. The van der Waals surface area contributed by atoms with Crippen LogP contribution in [0.5, 0.6) is 5.75 Å². The number of carboxylic acid groups (broad SMARTS) is 1. The molecule has 4 nitrogen and oxygen atoms in total. The van der Waals surface area contributed by atoms with E-state index >= 15 is 0 Å². The van der Waals surface area contributed by atoms with Gasteiger partial charge >= 0.3 is 5.97 Å². The number of rotatable bonds is 4. The number of aromatic nitrogens is 1. The lowest BCUT2D eigenvalue weighted by atomic mass is 10.0. The molecule has 0 amide bonds. The van der Waals surface area contributed by atoms with Gasteiger partial charge in [0.25, 0.3) is 0 Å². The van der Waals surface area contributed by atoms with Gasteiger partial charge in [-0.2, -0.15) is 0 Å². The molecule has 0 saturated heterocycles. The van der Waals surface area contributed by atoms with Crippen LogP contribution in [-0.4, -0.2) is 22.8 Å². The Morgan fingerprint density at radius 3 is 2.44 bits per heavy atom. The molecule has 1 aromatic carbocycles. The van der Waals surface area contributed by atoms with Crippen LogP contribution in [0, 0.1) is 0 Å². The van der Waals surface area contributed by atoms with Crippen molar-refractivity contribution in [2.24, 2.45) is 0 Å². The lowest BCUT2D eigenvalue weighted by Crippen LogP contribution is -1.96. The summed E-state index contributed by atoms with van der Waals surface area (Å²) >= 11 is 0. The number of carboxylic acids is 1. The molecular weight excluding hydrogens is 230 g/mol. The first kappa shape index (κ1) is 12.2. The fourth-order valence-corrected chi connectivity index (χ4v) is 1.86. The van der Waals surface area contributed by atoms with Crippen LogP contribution in [0.4, 0.5) is 0 Å². The third-order valence-corrected chi connectivity index (χ3v) is 2.88. The van der Waals surface area contributed by atoms with Gasteiger partial charge < -0.3 is 14.4 Å². The van der Waals surface area contributed by atoms with Crippen LogP contribution in [0.3, 0.4) is 0 Å². The molecule has 0 saturated carbocycles. The van der Waals surface area contributed by atoms with Crippen LogP contribution in [0.25, 0.3) is 11.1 Å². The Labute approximate surface area is 105 Å². The average Bonchev–Trinajstić information content (AvgIpc) is 2.83. The van der Waals surface area contributed by atoms with Gasteiger partial charge in [-0.05, 0) is 24.6 Å². The van der Waals surface area contributed by atoms with Gasteiger partial charge in [-0.1, -0.05) is 12.1 Å². The van der Waals surface area contributed by atoms with E-state index in [9.17, 15) is 9.90 Å². The van der Waals surface area contributed by atoms with Crippen molar-refractivity contribution >= 4 is 5.97 Å². The number of hydrogen-bond acceptors (Lipinski definition) is 2. The maximum atomic E-state index is 11.2. The average molecular weight is 245 g/mol. The van der Waals surface area contributed by atoms with Crippen LogP contribution in [0.15, 0.2) is 36.7 Å². The summed E-state index contributed by atoms with van der Waals surface area (Å²) in [5.41, 5.74) is 1.93. The highest BCUT2D eigenvalue weighted by Gasteiger charge is 2.14. The molecule has 0 aliphatic carbocycles. The Hall–Kier alpha value is -2.23. The van der Waals surface area contributed by atoms with Crippen molar-refractivity contribution < 1.29 is 14.6 Å². The molecule has 94 valence electrons. The molecule has 1 aromatic heterocycles. The molecule has 1 N–H and O–H groups in total. The zero-order valence-electron chi connectivity index (χ0n) is 10.4.